The Morgan fingerprint density at radius 2 is 2.17 bits per heavy atom. The minimum Gasteiger partial charge on any atom is -0.379 e. The molecule has 1 saturated heterocycles. The molecule has 0 atom stereocenters. The van der Waals surface area contributed by atoms with E-state index in [2.05, 4.69) is 20.8 Å². The highest BCUT2D eigenvalue weighted by molar-refractivity contribution is 9.10. The molecule has 29 heavy (non-hydrogen) atoms. The number of anilines is 1. The summed E-state index contributed by atoms with van der Waals surface area (Å²) in [5.41, 5.74) is 0.918. The summed E-state index contributed by atoms with van der Waals surface area (Å²) in [4.78, 5) is 23.0. The van der Waals surface area contributed by atoms with Crippen LogP contribution in [0.1, 0.15) is 11.3 Å². The van der Waals surface area contributed by atoms with E-state index in [-0.39, 0.29) is 5.91 Å². The Morgan fingerprint density at radius 3 is 2.97 bits per heavy atom. The summed E-state index contributed by atoms with van der Waals surface area (Å²) in [6.45, 7) is 5.10. The second-order valence-corrected chi connectivity index (χ2v) is 9.66. The molecular weight excluding hydrogens is 470 g/mol. The average Bonchev–Trinajstić information content (AvgIpc) is 3.39. The van der Waals surface area contributed by atoms with Gasteiger partial charge < -0.3 is 4.74 Å². The van der Waals surface area contributed by atoms with Crippen LogP contribution in [-0.2, 0) is 9.53 Å². The van der Waals surface area contributed by atoms with Crippen LogP contribution in [-0.4, -0.2) is 55.2 Å². The van der Waals surface area contributed by atoms with E-state index in [4.69, 9.17) is 9.72 Å². The normalized spacial score (nSPS) is 15.3. The first-order chi connectivity index (χ1) is 14.2. The SMILES string of the molecule is O=C(/C=C/c1cccs1)N(CCCN1CCOCC1)c1nc2ccc(Br)cc2s1. The number of carbonyl (C=O) groups is 1. The van der Waals surface area contributed by atoms with Gasteiger partial charge in [-0.2, -0.15) is 0 Å². The molecule has 3 heterocycles. The van der Waals surface area contributed by atoms with Crippen molar-refractivity contribution >= 4 is 65.9 Å². The smallest absolute Gasteiger partial charge is 0.252 e. The van der Waals surface area contributed by atoms with Gasteiger partial charge in [0.1, 0.15) is 0 Å². The van der Waals surface area contributed by atoms with Crippen molar-refractivity contribution in [1.82, 2.24) is 9.88 Å². The highest BCUT2D eigenvalue weighted by Gasteiger charge is 2.19. The number of thiazole rings is 1. The molecule has 0 saturated carbocycles. The number of hydrogen-bond acceptors (Lipinski definition) is 6. The molecule has 8 heteroatoms. The van der Waals surface area contributed by atoms with Crippen molar-refractivity contribution in [3.8, 4) is 0 Å². The Morgan fingerprint density at radius 1 is 1.31 bits per heavy atom. The number of halogens is 1. The molecule has 1 aromatic carbocycles. The van der Waals surface area contributed by atoms with E-state index < -0.39 is 0 Å². The Bertz CT molecular complexity index is 981. The lowest BCUT2D eigenvalue weighted by molar-refractivity contribution is -0.114. The van der Waals surface area contributed by atoms with Crippen LogP contribution in [0.3, 0.4) is 0 Å². The number of thiophene rings is 1. The highest BCUT2D eigenvalue weighted by atomic mass is 79.9. The molecule has 0 bridgehead atoms. The molecule has 0 spiro atoms. The highest BCUT2D eigenvalue weighted by Crippen LogP contribution is 2.31. The lowest BCUT2D eigenvalue weighted by atomic mass is 10.3. The molecule has 0 aliphatic carbocycles. The van der Waals surface area contributed by atoms with Gasteiger partial charge in [0.2, 0.25) is 0 Å². The van der Waals surface area contributed by atoms with Crippen LogP contribution < -0.4 is 4.90 Å². The minimum absolute atomic E-state index is 0.0292. The van der Waals surface area contributed by atoms with Crippen molar-refractivity contribution in [3.05, 3.63) is 51.1 Å². The molecule has 1 aliphatic rings. The Balaban J connectivity index is 1.50. The second-order valence-electron chi connectivity index (χ2n) is 6.75. The van der Waals surface area contributed by atoms with E-state index in [9.17, 15) is 4.79 Å². The van der Waals surface area contributed by atoms with Gasteiger partial charge in [-0.25, -0.2) is 4.98 Å². The zero-order chi connectivity index (χ0) is 20.1. The number of carbonyl (C=O) groups excluding carboxylic acids is 1. The van der Waals surface area contributed by atoms with Crippen molar-refractivity contribution in [2.75, 3.05) is 44.3 Å². The fraction of sp³-hybridized carbons (Fsp3) is 0.333. The van der Waals surface area contributed by atoms with Gasteiger partial charge in [-0.15, -0.1) is 11.3 Å². The number of amides is 1. The molecule has 0 N–H and O–H groups in total. The topological polar surface area (TPSA) is 45.7 Å². The molecule has 4 rings (SSSR count). The van der Waals surface area contributed by atoms with E-state index in [0.29, 0.717) is 6.54 Å². The first-order valence-corrected chi connectivity index (χ1v) is 12.1. The van der Waals surface area contributed by atoms with Crippen LogP contribution in [0.4, 0.5) is 5.13 Å². The molecule has 5 nitrogen and oxygen atoms in total. The predicted octanol–water partition coefficient (Wildman–Crippen LogP) is 4.89. The van der Waals surface area contributed by atoms with Crippen LogP contribution in [0, 0.1) is 0 Å². The quantitative estimate of drug-likeness (QED) is 0.441. The zero-order valence-electron chi connectivity index (χ0n) is 15.9. The van der Waals surface area contributed by atoms with Crippen molar-refractivity contribution in [2.45, 2.75) is 6.42 Å². The van der Waals surface area contributed by atoms with Crippen LogP contribution in [0.5, 0.6) is 0 Å². The number of nitrogens with zero attached hydrogens (tertiary/aromatic N) is 3. The average molecular weight is 492 g/mol. The van der Waals surface area contributed by atoms with E-state index in [0.717, 1.165) is 64.0 Å². The van der Waals surface area contributed by atoms with Crippen LogP contribution in [0.25, 0.3) is 16.3 Å². The number of hydrogen-bond donors (Lipinski definition) is 0. The van der Waals surface area contributed by atoms with E-state index in [1.165, 1.54) is 0 Å². The Hall–Kier alpha value is -1.58. The Labute approximate surface area is 186 Å². The molecule has 3 aromatic rings. The number of aromatic nitrogens is 1. The van der Waals surface area contributed by atoms with Gasteiger partial charge in [0, 0.05) is 41.6 Å². The maximum Gasteiger partial charge on any atom is 0.252 e. The summed E-state index contributed by atoms with van der Waals surface area (Å²) in [5.74, 6) is -0.0292. The number of rotatable bonds is 7. The van der Waals surface area contributed by atoms with Crippen LogP contribution >= 0.6 is 38.6 Å². The standard InChI is InChI=1S/C21H22BrN3O2S2/c22-16-4-6-18-19(15-16)29-21(23-18)25(9-2-8-24-10-12-27-13-11-24)20(26)7-5-17-3-1-14-28-17/h1,3-7,14-15H,2,8-13H2/b7-5+. The molecule has 1 aliphatic heterocycles. The summed E-state index contributed by atoms with van der Waals surface area (Å²) in [6.07, 6.45) is 4.44. The maximum absolute atomic E-state index is 13.0. The van der Waals surface area contributed by atoms with Gasteiger partial charge in [0.05, 0.1) is 23.4 Å². The summed E-state index contributed by atoms with van der Waals surface area (Å²) >= 11 is 6.69. The maximum atomic E-state index is 13.0. The largest absolute Gasteiger partial charge is 0.379 e. The van der Waals surface area contributed by atoms with Gasteiger partial charge in [0.25, 0.3) is 5.91 Å². The monoisotopic (exact) mass is 491 g/mol. The van der Waals surface area contributed by atoms with E-state index >= 15 is 0 Å². The van der Waals surface area contributed by atoms with Crippen molar-refractivity contribution in [2.24, 2.45) is 0 Å². The lowest BCUT2D eigenvalue weighted by Gasteiger charge is -2.27. The first-order valence-electron chi connectivity index (χ1n) is 9.58. The van der Waals surface area contributed by atoms with Gasteiger partial charge >= 0.3 is 0 Å². The van der Waals surface area contributed by atoms with Gasteiger partial charge in [-0.1, -0.05) is 33.3 Å². The second kappa shape index (κ2) is 9.95. The molecule has 1 fully saturated rings. The molecule has 0 unspecified atom stereocenters. The van der Waals surface area contributed by atoms with Crippen LogP contribution in [0.2, 0.25) is 0 Å². The molecule has 1 amide bonds. The zero-order valence-corrected chi connectivity index (χ0v) is 19.1. The number of morpholine rings is 1. The van der Waals surface area contributed by atoms with Crippen LogP contribution in [0.15, 0.2) is 46.3 Å². The summed E-state index contributed by atoms with van der Waals surface area (Å²) in [7, 11) is 0. The third kappa shape index (κ3) is 5.52. The minimum atomic E-state index is -0.0292. The fourth-order valence-corrected chi connectivity index (χ4v) is 5.38. The van der Waals surface area contributed by atoms with Gasteiger partial charge in [0.15, 0.2) is 5.13 Å². The van der Waals surface area contributed by atoms with Gasteiger partial charge in [-0.3, -0.25) is 14.6 Å². The molecule has 152 valence electrons. The number of ether oxygens (including phenoxy) is 1. The summed E-state index contributed by atoms with van der Waals surface area (Å²) in [6, 6.07) is 10.0. The third-order valence-corrected chi connectivity index (χ3v) is 7.10. The van der Waals surface area contributed by atoms with Gasteiger partial charge in [-0.05, 0) is 42.1 Å². The lowest BCUT2D eigenvalue weighted by Crippen LogP contribution is -2.39. The molecule has 2 aromatic heterocycles. The van der Waals surface area contributed by atoms with Crippen molar-refractivity contribution in [1.29, 1.82) is 0 Å². The molecular formula is C21H22BrN3O2S2. The summed E-state index contributed by atoms with van der Waals surface area (Å²) in [5, 5.41) is 2.76. The van der Waals surface area contributed by atoms with Crippen molar-refractivity contribution < 1.29 is 9.53 Å². The first kappa shape index (κ1) is 20.7. The van der Waals surface area contributed by atoms with Crippen molar-refractivity contribution in [3.63, 3.8) is 0 Å². The summed E-state index contributed by atoms with van der Waals surface area (Å²) < 4.78 is 7.51. The van der Waals surface area contributed by atoms with E-state index in [1.807, 2.05) is 46.7 Å². The van der Waals surface area contributed by atoms with E-state index in [1.54, 1.807) is 28.7 Å². The Kier molecular flexibility index (Phi) is 7.10. The predicted molar refractivity (Wildman–Crippen MR) is 125 cm³/mol. The number of fused-ring (bicyclic) bond motifs is 1. The number of benzene rings is 1. The fourth-order valence-electron chi connectivity index (χ4n) is 3.21. The third-order valence-electron chi connectivity index (χ3n) is 4.73. The molecule has 0 radical (unpaired) electrons.